The standard InChI is InChI=1S/C21H25ClFN3O2S/c1-2-28-17-6-3-15(4-7-17)20(26-9-11-27-12-10-26)14-24-21(29)25-16-5-8-19(23)18(22)13-16/h3-8,13,20H,2,9-12,14H2,1H3,(H2,24,25,29). The molecule has 1 atom stereocenters. The topological polar surface area (TPSA) is 45.8 Å². The second-order valence-electron chi connectivity index (χ2n) is 6.63. The van der Waals surface area contributed by atoms with E-state index in [0.717, 1.165) is 18.8 Å². The van der Waals surface area contributed by atoms with Gasteiger partial charge in [0.1, 0.15) is 11.6 Å². The molecule has 0 saturated carbocycles. The molecule has 156 valence electrons. The van der Waals surface area contributed by atoms with Crippen molar-refractivity contribution < 1.29 is 13.9 Å². The van der Waals surface area contributed by atoms with E-state index in [4.69, 9.17) is 33.3 Å². The number of thiocarbonyl (C=S) groups is 1. The van der Waals surface area contributed by atoms with Gasteiger partial charge in [-0.15, -0.1) is 0 Å². The first-order chi connectivity index (χ1) is 14.1. The van der Waals surface area contributed by atoms with Crippen LogP contribution < -0.4 is 15.4 Å². The van der Waals surface area contributed by atoms with Crippen molar-refractivity contribution in [2.24, 2.45) is 0 Å². The third kappa shape index (κ3) is 6.27. The first-order valence-corrected chi connectivity index (χ1v) is 10.4. The molecule has 5 nitrogen and oxygen atoms in total. The summed E-state index contributed by atoms with van der Waals surface area (Å²) in [6.07, 6.45) is 0. The molecule has 0 aliphatic carbocycles. The highest BCUT2D eigenvalue weighted by Crippen LogP contribution is 2.24. The van der Waals surface area contributed by atoms with E-state index < -0.39 is 5.82 Å². The first-order valence-electron chi connectivity index (χ1n) is 9.61. The number of halogens is 2. The van der Waals surface area contributed by atoms with Crippen LogP contribution in [0.25, 0.3) is 0 Å². The van der Waals surface area contributed by atoms with Gasteiger partial charge in [0.25, 0.3) is 0 Å². The van der Waals surface area contributed by atoms with Gasteiger partial charge in [0.05, 0.1) is 30.9 Å². The quantitative estimate of drug-likeness (QED) is 0.632. The molecule has 1 aliphatic heterocycles. The number of hydrogen-bond donors (Lipinski definition) is 2. The number of ether oxygens (including phenoxy) is 2. The maximum Gasteiger partial charge on any atom is 0.170 e. The molecule has 1 heterocycles. The molecule has 2 N–H and O–H groups in total. The minimum Gasteiger partial charge on any atom is -0.494 e. The van der Waals surface area contributed by atoms with Crippen molar-refractivity contribution in [1.82, 2.24) is 10.2 Å². The molecule has 0 amide bonds. The van der Waals surface area contributed by atoms with Crippen LogP contribution in [-0.4, -0.2) is 49.5 Å². The molecule has 0 radical (unpaired) electrons. The van der Waals surface area contributed by atoms with Gasteiger partial charge in [-0.25, -0.2) is 4.39 Å². The van der Waals surface area contributed by atoms with E-state index >= 15 is 0 Å². The Kier molecular flexibility index (Phi) is 8.06. The zero-order valence-corrected chi connectivity index (χ0v) is 17.9. The molecule has 1 unspecified atom stereocenters. The molecule has 3 rings (SSSR count). The van der Waals surface area contributed by atoms with Crippen LogP contribution in [0, 0.1) is 5.82 Å². The summed E-state index contributed by atoms with van der Waals surface area (Å²) in [6.45, 7) is 6.36. The van der Waals surface area contributed by atoms with E-state index in [-0.39, 0.29) is 11.1 Å². The zero-order chi connectivity index (χ0) is 20.6. The number of benzene rings is 2. The number of morpholine rings is 1. The number of hydrogen-bond acceptors (Lipinski definition) is 4. The molecule has 1 aliphatic rings. The highest BCUT2D eigenvalue weighted by molar-refractivity contribution is 7.80. The Morgan fingerprint density at radius 1 is 1.24 bits per heavy atom. The van der Waals surface area contributed by atoms with Crippen molar-refractivity contribution in [2.45, 2.75) is 13.0 Å². The van der Waals surface area contributed by atoms with Crippen molar-refractivity contribution in [2.75, 3.05) is 44.8 Å². The van der Waals surface area contributed by atoms with E-state index in [1.54, 1.807) is 6.07 Å². The summed E-state index contributed by atoms with van der Waals surface area (Å²) in [5.74, 6) is 0.397. The molecular weight excluding hydrogens is 413 g/mol. The SMILES string of the molecule is CCOc1ccc(C(CNC(=S)Nc2ccc(F)c(Cl)c2)N2CCOCC2)cc1. The van der Waals surface area contributed by atoms with E-state index in [2.05, 4.69) is 27.7 Å². The number of nitrogens with one attached hydrogen (secondary N) is 2. The summed E-state index contributed by atoms with van der Waals surface area (Å²) in [6, 6.07) is 12.7. The average Bonchev–Trinajstić information content (AvgIpc) is 2.73. The van der Waals surface area contributed by atoms with Gasteiger partial charge in [0, 0.05) is 25.3 Å². The largest absolute Gasteiger partial charge is 0.494 e. The van der Waals surface area contributed by atoms with Crippen LogP contribution in [0.1, 0.15) is 18.5 Å². The Labute approximate surface area is 181 Å². The smallest absolute Gasteiger partial charge is 0.170 e. The van der Waals surface area contributed by atoms with Gasteiger partial charge in [-0.2, -0.15) is 0 Å². The summed E-state index contributed by atoms with van der Waals surface area (Å²) in [7, 11) is 0. The molecule has 0 aromatic heterocycles. The average molecular weight is 438 g/mol. The molecule has 0 spiro atoms. The number of nitrogens with zero attached hydrogens (tertiary/aromatic N) is 1. The minimum absolute atomic E-state index is 0.0541. The molecule has 2 aromatic rings. The molecular formula is C21H25ClFN3O2S. The maximum atomic E-state index is 13.3. The molecule has 29 heavy (non-hydrogen) atoms. The summed E-state index contributed by atoms with van der Waals surface area (Å²) < 4.78 is 24.4. The Bertz CT molecular complexity index is 816. The Morgan fingerprint density at radius 2 is 1.97 bits per heavy atom. The van der Waals surface area contributed by atoms with Crippen LogP contribution >= 0.6 is 23.8 Å². The summed E-state index contributed by atoms with van der Waals surface area (Å²) in [5.41, 5.74) is 1.81. The van der Waals surface area contributed by atoms with Crippen molar-refractivity contribution in [3.05, 3.63) is 58.9 Å². The Morgan fingerprint density at radius 3 is 2.62 bits per heavy atom. The lowest BCUT2D eigenvalue weighted by atomic mass is 10.0. The second-order valence-corrected chi connectivity index (χ2v) is 7.45. The monoisotopic (exact) mass is 437 g/mol. The summed E-state index contributed by atoms with van der Waals surface area (Å²) >= 11 is 11.2. The third-order valence-corrected chi connectivity index (χ3v) is 5.23. The van der Waals surface area contributed by atoms with Crippen LogP contribution in [0.5, 0.6) is 5.75 Å². The lowest BCUT2D eigenvalue weighted by Gasteiger charge is -2.35. The predicted octanol–water partition coefficient (Wildman–Crippen LogP) is 4.24. The zero-order valence-electron chi connectivity index (χ0n) is 16.3. The van der Waals surface area contributed by atoms with Crippen molar-refractivity contribution >= 4 is 34.6 Å². The Balaban J connectivity index is 1.65. The van der Waals surface area contributed by atoms with E-state index in [1.165, 1.54) is 17.7 Å². The van der Waals surface area contributed by atoms with Crippen LogP contribution in [0.3, 0.4) is 0 Å². The maximum absolute atomic E-state index is 13.3. The number of rotatable bonds is 7. The predicted molar refractivity (Wildman–Crippen MR) is 118 cm³/mol. The summed E-state index contributed by atoms with van der Waals surface area (Å²) in [4.78, 5) is 2.38. The van der Waals surface area contributed by atoms with Crippen LogP contribution in [0.15, 0.2) is 42.5 Å². The van der Waals surface area contributed by atoms with Gasteiger partial charge in [-0.05, 0) is 55.0 Å². The van der Waals surface area contributed by atoms with Gasteiger partial charge in [-0.1, -0.05) is 23.7 Å². The van der Waals surface area contributed by atoms with E-state index in [9.17, 15) is 4.39 Å². The first kappa shape index (κ1) is 21.8. The fourth-order valence-electron chi connectivity index (χ4n) is 3.24. The van der Waals surface area contributed by atoms with Gasteiger partial charge in [0.2, 0.25) is 0 Å². The highest BCUT2D eigenvalue weighted by Gasteiger charge is 2.23. The number of anilines is 1. The summed E-state index contributed by atoms with van der Waals surface area (Å²) in [5, 5.41) is 6.83. The van der Waals surface area contributed by atoms with Crippen LogP contribution in [0.2, 0.25) is 5.02 Å². The normalized spacial score (nSPS) is 15.6. The molecule has 8 heteroatoms. The van der Waals surface area contributed by atoms with Gasteiger partial charge in [0.15, 0.2) is 5.11 Å². The van der Waals surface area contributed by atoms with Crippen molar-refractivity contribution in [3.63, 3.8) is 0 Å². The van der Waals surface area contributed by atoms with Crippen molar-refractivity contribution in [1.29, 1.82) is 0 Å². The van der Waals surface area contributed by atoms with Gasteiger partial charge in [-0.3, -0.25) is 4.90 Å². The van der Waals surface area contributed by atoms with Gasteiger partial charge < -0.3 is 20.1 Å². The Hall–Kier alpha value is -1.93. The fraction of sp³-hybridized carbons (Fsp3) is 0.381. The molecule has 1 fully saturated rings. The highest BCUT2D eigenvalue weighted by atomic mass is 35.5. The second kappa shape index (κ2) is 10.7. The lowest BCUT2D eigenvalue weighted by Crippen LogP contribution is -2.44. The molecule has 1 saturated heterocycles. The van der Waals surface area contributed by atoms with Crippen molar-refractivity contribution in [3.8, 4) is 5.75 Å². The van der Waals surface area contributed by atoms with E-state index in [0.29, 0.717) is 37.2 Å². The minimum atomic E-state index is -0.459. The van der Waals surface area contributed by atoms with E-state index in [1.807, 2.05) is 19.1 Å². The van der Waals surface area contributed by atoms with Crippen LogP contribution in [0.4, 0.5) is 10.1 Å². The molecule has 0 bridgehead atoms. The third-order valence-electron chi connectivity index (χ3n) is 4.70. The molecule has 2 aromatic carbocycles. The van der Waals surface area contributed by atoms with Crippen LogP contribution in [-0.2, 0) is 4.74 Å². The van der Waals surface area contributed by atoms with Gasteiger partial charge >= 0.3 is 0 Å². The lowest BCUT2D eigenvalue weighted by molar-refractivity contribution is 0.0170. The fourth-order valence-corrected chi connectivity index (χ4v) is 3.62.